The number of alkyl halides is 3. The van der Waals surface area contributed by atoms with Gasteiger partial charge >= 0.3 is 6.18 Å². The SMILES string of the molecule is CCNC(=NCc1c(C)nn(Cc2ccccc2)c1C)NC1CCN(CC(F)(F)F)C1. The molecule has 1 saturated heterocycles. The number of aromatic nitrogens is 2. The third-order valence-corrected chi connectivity index (χ3v) is 5.46. The predicted octanol–water partition coefficient (Wildman–Crippen LogP) is 3.24. The number of aryl methyl sites for hydroxylation is 1. The fourth-order valence-electron chi connectivity index (χ4n) is 3.89. The van der Waals surface area contributed by atoms with Crippen LogP contribution in [-0.4, -0.2) is 59.0 Å². The second-order valence-corrected chi connectivity index (χ2v) is 7.97. The van der Waals surface area contributed by atoms with Gasteiger partial charge in [0.2, 0.25) is 0 Å². The van der Waals surface area contributed by atoms with E-state index in [1.54, 1.807) is 0 Å². The molecule has 170 valence electrons. The number of hydrogen-bond acceptors (Lipinski definition) is 3. The third-order valence-electron chi connectivity index (χ3n) is 5.46. The molecule has 0 amide bonds. The van der Waals surface area contributed by atoms with Crippen LogP contribution in [0.4, 0.5) is 13.2 Å². The Labute approximate surface area is 181 Å². The van der Waals surface area contributed by atoms with Crippen LogP contribution in [0, 0.1) is 13.8 Å². The van der Waals surface area contributed by atoms with Crippen LogP contribution in [0.1, 0.15) is 35.9 Å². The first-order valence-corrected chi connectivity index (χ1v) is 10.7. The first-order chi connectivity index (χ1) is 14.7. The van der Waals surface area contributed by atoms with E-state index in [9.17, 15) is 13.2 Å². The summed E-state index contributed by atoms with van der Waals surface area (Å²) in [4.78, 5) is 6.12. The molecule has 1 aromatic carbocycles. The Bertz CT molecular complexity index is 875. The molecule has 0 spiro atoms. The highest BCUT2D eigenvalue weighted by Gasteiger charge is 2.34. The first-order valence-electron chi connectivity index (χ1n) is 10.7. The van der Waals surface area contributed by atoms with E-state index in [2.05, 4.69) is 32.9 Å². The molecule has 31 heavy (non-hydrogen) atoms. The van der Waals surface area contributed by atoms with E-state index < -0.39 is 12.7 Å². The van der Waals surface area contributed by atoms with Crippen molar-refractivity contribution in [1.82, 2.24) is 25.3 Å². The van der Waals surface area contributed by atoms with Gasteiger partial charge in [-0.2, -0.15) is 18.3 Å². The van der Waals surface area contributed by atoms with Gasteiger partial charge in [-0.15, -0.1) is 0 Å². The minimum absolute atomic E-state index is 0.0526. The van der Waals surface area contributed by atoms with Crippen molar-refractivity contribution in [2.75, 3.05) is 26.2 Å². The van der Waals surface area contributed by atoms with Gasteiger partial charge in [-0.3, -0.25) is 9.58 Å². The quantitative estimate of drug-likeness (QED) is 0.517. The van der Waals surface area contributed by atoms with Gasteiger partial charge in [0, 0.05) is 36.9 Å². The molecule has 1 atom stereocenters. The number of nitrogens with one attached hydrogen (secondary N) is 2. The molecule has 1 unspecified atom stereocenters. The Morgan fingerprint density at radius 2 is 1.97 bits per heavy atom. The van der Waals surface area contributed by atoms with Crippen molar-refractivity contribution in [2.45, 2.75) is 52.5 Å². The lowest BCUT2D eigenvalue weighted by Gasteiger charge is -2.19. The van der Waals surface area contributed by atoms with E-state index in [0.29, 0.717) is 45.1 Å². The molecule has 1 aliphatic heterocycles. The van der Waals surface area contributed by atoms with Crippen molar-refractivity contribution in [3.05, 3.63) is 52.8 Å². The Morgan fingerprint density at radius 1 is 1.23 bits per heavy atom. The van der Waals surface area contributed by atoms with Gasteiger partial charge in [0.15, 0.2) is 5.96 Å². The Balaban J connectivity index is 1.64. The zero-order valence-corrected chi connectivity index (χ0v) is 18.3. The maximum atomic E-state index is 12.6. The molecule has 2 aromatic rings. The van der Waals surface area contributed by atoms with Crippen LogP contribution in [-0.2, 0) is 13.1 Å². The smallest absolute Gasteiger partial charge is 0.357 e. The van der Waals surface area contributed by atoms with Crippen LogP contribution < -0.4 is 10.6 Å². The summed E-state index contributed by atoms with van der Waals surface area (Å²) < 4.78 is 39.9. The molecule has 6 nitrogen and oxygen atoms in total. The molecule has 2 N–H and O–H groups in total. The predicted molar refractivity (Wildman–Crippen MR) is 116 cm³/mol. The average molecular weight is 437 g/mol. The highest BCUT2D eigenvalue weighted by Crippen LogP contribution is 2.20. The Morgan fingerprint density at radius 3 is 2.65 bits per heavy atom. The van der Waals surface area contributed by atoms with Gasteiger partial charge in [-0.25, -0.2) is 4.99 Å². The summed E-state index contributed by atoms with van der Waals surface area (Å²) in [6, 6.07) is 10.1. The molecule has 3 rings (SSSR count). The molecule has 1 fully saturated rings. The number of guanidine groups is 1. The molecule has 9 heteroatoms. The number of aliphatic imine (C=N–C) groups is 1. The van der Waals surface area contributed by atoms with Crippen LogP contribution in [0.15, 0.2) is 35.3 Å². The largest absolute Gasteiger partial charge is 0.401 e. The summed E-state index contributed by atoms with van der Waals surface area (Å²) >= 11 is 0. The zero-order chi connectivity index (χ0) is 22.4. The molecule has 2 heterocycles. The van der Waals surface area contributed by atoms with E-state index >= 15 is 0 Å². The summed E-state index contributed by atoms with van der Waals surface area (Å²) in [6.07, 6.45) is -3.50. The topological polar surface area (TPSA) is 57.5 Å². The van der Waals surface area contributed by atoms with Crippen molar-refractivity contribution in [3.63, 3.8) is 0 Å². The lowest BCUT2D eigenvalue weighted by molar-refractivity contribution is -0.143. The normalized spacial score (nSPS) is 17.9. The highest BCUT2D eigenvalue weighted by atomic mass is 19.4. The van der Waals surface area contributed by atoms with E-state index in [1.807, 2.05) is 43.7 Å². The number of nitrogens with zero attached hydrogens (tertiary/aromatic N) is 4. The molecule has 0 radical (unpaired) electrons. The van der Waals surface area contributed by atoms with Crippen LogP contribution >= 0.6 is 0 Å². The second-order valence-electron chi connectivity index (χ2n) is 7.97. The molecule has 1 aliphatic rings. The van der Waals surface area contributed by atoms with E-state index in [-0.39, 0.29) is 6.04 Å². The van der Waals surface area contributed by atoms with E-state index in [0.717, 1.165) is 17.0 Å². The third kappa shape index (κ3) is 6.72. The number of likely N-dealkylation sites (tertiary alicyclic amines) is 1. The standard InChI is InChI=1S/C22H31F3N6/c1-4-26-21(28-19-10-11-30(14-19)15-22(23,24)25)27-12-20-16(2)29-31(17(20)3)13-18-8-6-5-7-9-18/h5-9,19H,4,10-15H2,1-3H3,(H2,26,27,28). The van der Waals surface area contributed by atoms with Gasteiger partial charge in [0.25, 0.3) is 0 Å². The van der Waals surface area contributed by atoms with Gasteiger partial charge < -0.3 is 10.6 Å². The van der Waals surface area contributed by atoms with Crippen LogP contribution in [0.2, 0.25) is 0 Å². The van der Waals surface area contributed by atoms with Crippen molar-refractivity contribution in [3.8, 4) is 0 Å². The molecule has 0 bridgehead atoms. The second kappa shape index (κ2) is 10.2. The number of hydrogen-bond donors (Lipinski definition) is 2. The van der Waals surface area contributed by atoms with Crippen molar-refractivity contribution in [1.29, 1.82) is 0 Å². The van der Waals surface area contributed by atoms with Gasteiger partial charge in [0.05, 0.1) is 25.3 Å². The fraction of sp³-hybridized carbons (Fsp3) is 0.545. The number of halogens is 3. The van der Waals surface area contributed by atoms with E-state index in [4.69, 9.17) is 0 Å². The summed E-state index contributed by atoms with van der Waals surface area (Å²) in [5.74, 6) is 0.621. The number of benzene rings is 1. The summed E-state index contributed by atoms with van der Waals surface area (Å²) in [5.41, 5.74) is 4.25. The molecule has 1 aromatic heterocycles. The monoisotopic (exact) mass is 436 g/mol. The van der Waals surface area contributed by atoms with Gasteiger partial charge in [-0.05, 0) is 32.8 Å². The minimum Gasteiger partial charge on any atom is -0.357 e. The fourth-order valence-corrected chi connectivity index (χ4v) is 3.89. The van der Waals surface area contributed by atoms with Crippen molar-refractivity contribution in [2.24, 2.45) is 4.99 Å². The van der Waals surface area contributed by atoms with Crippen LogP contribution in [0.3, 0.4) is 0 Å². The number of rotatable bonds is 7. The van der Waals surface area contributed by atoms with Crippen LogP contribution in [0.5, 0.6) is 0 Å². The highest BCUT2D eigenvalue weighted by molar-refractivity contribution is 5.80. The van der Waals surface area contributed by atoms with Crippen molar-refractivity contribution < 1.29 is 13.2 Å². The maximum Gasteiger partial charge on any atom is 0.401 e. The summed E-state index contributed by atoms with van der Waals surface area (Å²) in [7, 11) is 0. The molecule has 0 saturated carbocycles. The summed E-state index contributed by atoms with van der Waals surface area (Å²) in [6.45, 7) is 7.75. The average Bonchev–Trinajstić information content (AvgIpc) is 3.23. The van der Waals surface area contributed by atoms with Gasteiger partial charge in [-0.1, -0.05) is 30.3 Å². The molecular weight excluding hydrogens is 405 g/mol. The lowest BCUT2D eigenvalue weighted by Crippen LogP contribution is -2.45. The zero-order valence-electron chi connectivity index (χ0n) is 18.3. The molecule has 0 aliphatic carbocycles. The Hall–Kier alpha value is -2.55. The van der Waals surface area contributed by atoms with Crippen LogP contribution in [0.25, 0.3) is 0 Å². The summed E-state index contributed by atoms with van der Waals surface area (Å²) in [5, 5.41) is 11.2. The Kier molecular flexibility index (Phi) is 7.59. The minimum atomic E-state index is -4.16. The van der Waals surface area contributed by atoms with E-state index in [1.165, 1.54) is 10.5 Å². The molecular formula is C22H31F3N6. The lowest BCUT2D eigenvalue weighted by atomic mass is 10.2. The van der Waals surface area contributed by atoms with Gasteiger partial charge in [0.1, 0.15) is 0 Å². The van der Waals surface area contributed by atoms with Crippen molar-refractivity contribution >= 4 is 5.96 Å². The maximum absolute atomic E-state index is 12.6. The first kappa shape index (κ1) is 23.1.